The Bertz CT molecular complexity index is 574. The van der Waals surface area contributed by atoms with E-state index in [0.29, 0.717) is 17.6 Å². The number of hydrogen-bond donors (Lipinski definition) is 1. The van der Waals surface area contributed by atoms with Crippen LogP contribution in [0.5, 0.6) is 0 Å². The summed E-state index contributed by atoms with van der Waals surface area (Å²) in [7, 11) is 0. The van der Waals surface area contributed by atoms with E-state index >= 15 is 0 Å². The van der Waals surface area contributed by atoms with Gasteiger partial charge in [0.2, 0.25) is 11.7 Å². The standard InChI is InChI=1S/C16H20N2O2/c1-10(2)11-6-8-12(9-7-11)15-17-16(20-18-15)13-4-3-5-14(13)19/h6-10,13-14,19H,3-5H2,1-2H3. The van der Waals surface area contributed by atoms with Gasteiger partial charge < -0.3 is 9.63 Å². The Kier molecular flexibility index (Phi) is 3.57. The summed E-state index contributed by atoms with van der Waals surface area (Å²) in [4.78, 5) is 4.45. The number of aliphatic hydroxyl groups excluding tert-OH is 1. The molecule has 20 heavy (non-hydrogen) atoms. The highest BCUT2D eigenvalue weighted by atomic mass is 16.5. The van der Waals surface area contributed by atoms with Gasteiger partial charge in [0.1, 0.15) is 0 Å². The van der Waals surface area contributed by atoms with Gasteiger partial charge in [0.15, 0.2) is 0 Å². The Hall–Kier alpha value is -1.68. The van der Waals surface area contributed by atoms with Crippen molar-refractivity contribution in [2.75, 3.05) is 0 Å². The molecule has 4 heteroatoms. The van der Waals surface area contributed by atoms with Crippen LogP contribution in [0.4, 0.5) is 0 Å². The molecule has 106 valence electrons. The summed E-state index contributed by atoms with van der Waals surface area (Å²) in [6.07, 6.45) is 2.43. The second-order valence-corrected chi connectivity index (χ2v) is 5.84. The first-order valence-corrected chi connectivity index (χ1v) is 7.27. The van der Waals surface area contributed by atoms with Crippen molar-refractivity contribution in [1.82, 2.24) is 10.1 Å². The number of hydrogen-bond acceptors (Lipinski definition) is 4. The Balaban J connectivity index is 1.82. The highest BCUT2D eigenvalue weighted by molar-refractivity contribution is 5.54. The monoisotopic (exact) mass is 272 g/mol. The third kappa shape index (κ3) is 2.48. The van der Waals surface area contributed by atoms with Crippen LogP contribution in [-0.2, 0) is 0 Å². The van der Waals surface area contributed by atoms with Crippen LogP contribution >= 0.6 is 0 Å². The van der Waals surface area contributed by atoms with Crippen molar-refractivity contribution in [3.05, 3.63) is 35.7 Å². The molecule has 4 nitrogen and oxygen atoms in total. The predicted molar refractivity (Wildman–Crippen MR) is 76.4 cm³/mol. The lowest BCUT2D eigenvalue weighted by molar-refractivity contribution is 0.148. The molecule has 0 spiro atoms. The molecule has 0 aliphatic heterocycles. The smallest absolute Gasteiger partial charge is 0.232 e. The summed E-state index contributed by atoms with van der Waals surface area (Å²) in [6, 6.07) is 8.24. The SMILES string of the molecule is CC(C)c1ccc(-c2noc(C3CCCC3O)n2)cc1. The maximum absolute atomic E-state index is 9.89. The van der Waals surface area contributed by atoms with Crippen LogP contribution in [-0.4, -0.2) is 21.4 Å². The number of rotatable bonds is 3. The number of aliphatic hydroxyl groups is 1. The maximum atomic E-state index is 9.89. The fourth-order valence-electron chi connectivity index (χ4n) is 2.75. The third-order valence-electron chi connectivity index (χ3n) is 4.07. The van der Waals surface area contributed by atoms with Crippen LogP contribution in [0, 0.1) is 0 Å². The van der Waals surface area contributed by atoms with E-state index in [-0.39, 0.29) is 12.0 Å². The minimum absolute atomic E-state index is 0.00573. The zero-order valence-electron chi connectivity index (χ0n) is 11.9. The lowest BCUT2D eigenvalue weighted by Crippen LogP contribution is -2.11. The molecule has 0 amide bonds. The summed E-state index contributed by atoms with van der Waals surface area (Å²) in [5.41, 5.74) is 2.25. The zero-order valence-corrected chi connectivity index (χ0v) is 11.9. The zero-order chi connectivity index (χ0) is 14.1. The van der Waals surface area contributed by atoms with Crippen molar-refractivity contribution in [3.8, 4) is 11.4 Å². The maximum Gasteiger partial charge on any atom is 0.232 e. The Morgan fingerprint density at radius 3 is 2.55 bits per heavy atom. The molecular formula is C16H20N2O2. The molecule has 1 aliphatic rings. The molecule has 0 bridgehead atoms. The molecule has 0 saturated heterocycles. The average molecular weight is 272 g/mol. The highest BCUT2D eigenvalue weighted by Gasteiger charge is 2.31. The molecule has 1 saturated carbocycles. The molecular weight excluding hydrogens is 252 g/mol. The average Bonchev–Trinajstić information content (AvgIpc) is 3.07. The summed E-state index contributed by atoms with van der Waals surface area (Å²) < 4.78 is 5.33. The minimum atomic E-state index is -0.341. The molecule has 1 aromatic carbocycles. The quantitative estimate of drug-likeness (QED) is 0.929. The van der Waals surface area contributed by atoms with Crippen molar-refractivity contribution in [2.45, 2.75) is 51.0 Å². The van der Waals surface area contributed by atoms with Crippen molar-refractivity contribution in [2.24, 2.45) is 0 Å². The van der Waals surface area contributed by atoms with Gasteiger partial charge in [-0.2, -0.15) is 4.98 Å². The van der Waals surface area contributed by atoms with E-state index in [1.807, 2.05) is 12.1 Å². The third-order valence-corrected chi connectivity index (χ3v) is 4.07. The minimum Gasteiger partial charge on any atom is -0.392 e. The van der Waals surface area contributed by atoms with Crippen LogP contribution in [0.1, 0.15) is 56.4 Å². The normalized spacial score (nSPS) is 22.6. The molecule has 3 rings (SSSR count). The summed E-state index contributed by atoms with van der Waals surface area (Å²) in [5, 5.41) is 13.9. The van der Waals surface area contributed by atoms with Crippen molar-refractivity contribution in [1.29, 1.82) is 0 Å². The second kappa shape index (κ2) is 5.37. The molecule has 0 radical (unpaired) electrons. The van der Waals surface area contributed by atoms with Gasteiger partial charge in [-0.3, -0.25) is 0 Å². The molecule has 1 aromatic heterocycles. The first-order valence-electron chi connectivity index (χ1n) is 7.27. The van der Waals surface area contributed by atoms with E-state index in [4.69, 9.17) is 4.52 Å². The largest absolute Gasteiger partial charge is 0.392 e. The van der Waals surface area contributed by atoms with Crippen molar-refractivity contribution in [3.63, 3.8) is 0 Å². The van der Waals surface area contributed by atoms with Crippen LogP contribution in [0.2, 0.25) is 0 Å². The van der Waals surface area contributed by atoms with E-state index in [0.717, 1.165) is 24.8 Å². The first-order chi connectivity index (χ1) is 9.65. The molecule has 1 N–H and O–H groups in total. The highest BCUT2D eigenvalue weighted by Crippen LogP contribution is 2.34. The lowest BCUT2D eigenvalue weighted by Gasteiger charge is -2.07. The van der Waals surface area contributed by atoms with Crippen LogP contribution < -0.4 is 0 Å². The second-order valence-electron chi connectivity index (χ2n) is 5.84. The van der Waals surface area contributed by atoms with E-state index in [1.165, 1.54) is 5.56 Å². The van der Waals surface area contributed by atoms with Crippen LogP contribution in [0.25, 0.3) is 11.4 Å². The van der Waals surface area contributed by atoms with Gasteiger partial charge in [0, 0.05) is 5.56 Å². The topological polar surface area (TPSA) is 59.2 Å². The number of benzene rings is 1. The Morgan fingerprint density at radius 2 is 1.95 bits per heavy atom. The van der Waals surface area contributed by atoms with Gasteiger partial charge in [-0.05, 0) is 30.7 Å². The summed E-state index contributed by atoms with van der Waals surface area (Å²) >= 11 is 0. The van der Waals surface area contributed by atoms with Gasteiger partial charge in [-0.1, -0.05) is 43.3 Å². The first kappa shape index (κ1) is 13.3. The van der Waals surface area contributed by atoms with Crippen molar-refractivity contribution >= 4 is 0 Å². The summed E-state index contributed by atoms with van der Waals surface area (Å²) in [5.74, 6) is 1.69. The molecule has 2 aromatic rings. The Labute approximate surface area is 118 Å². The van der Waals surface area contributed by atoms with E-state index < -0.39 is 0 Å². The lowest BCUT2D eigenvalue weighted by atomic mass is 10.0. The fourth-order valence-corrected chi connectivity index (χ4v) is 2.75. The fraction of sp³-hybridized carbons (Fsp3) is 0.500. The van der Waals surface area contributed by atoms with Crippen molar-refractivity contribution < 1.29 is 9.63 Å². The molecule has 2 unspecified atom stereocenters. The van der Waals surface area contributed by atoms with E-state index in [2.05, 4.69) is 36.1 Å². The molecule has 1 fully saturated rings. The van der Waals surface area contributed by atoms with E-state index in [9.17, 15) is 5.11 Å². The molecule has 1 aliphatic carbocycles. The van der Waals surface area contributed by atoms with E-state index in [1.54, 1.807) is 0 Å². The van der Waals surface area contributed by atoms with Crippen LogP contribution in [0.3, 0.4) is 0 Å². The van der Waals surface area contributed by atoms with Gasteiger partial charge in [-0.25, -0.2) is 0 Å². The molecule has 2 atom stereocenters. The van der Waals surface area contributed by atoms with Gasteiger partial charge >= 0.3 is 0 Å². The van der Waals surface area contributed by atoms with Gasteiger partial charge in [0.25, 0.3) is 0 Å². The number of aromatic nitrogens is 2. The number of nitrogens with zero attached hydrogens (tertiary/aromatic N) is 2. The van der Waals surface area contributed by atoms with Crippen LogP contribution in [0.15, 0.2) is 28.8 Å². The Morgan fingerprint density at radius 1 is 1.20 bits per heavy atom. The predicted octanol–water partition coefficient (Wildman–Crippen LogP) is 3.49. The van der Waals surface area contributed by atoms with Gasteiger partial charge in [-0.15, -0.1) is 0 Å². The summed E-state index contributed by atoms with van der Waals surface area (Å²) in [6.45, 7) is 4.34. The van der Waals surface area contributed by atoms with Gasteiger partial charge in [0.05, 0.1) is 12.0 Å². The molecule has 1 heterocycles.